The van der Waals surface area contributed by atoms with Crippen LogP contribution in [0, 0.1) is 0 Å². The molecule has 2 N–H and O–H groups in total. The quantitative estimate of drug-likeness (QED) is 0.643. The molecule has 0 saturated carbocycles. The minimum absolute atomic E-state index is 0.0674. The molecular formula is C12H13N3O3S. The molecule has 100 valence electrons. The summed E-state index contributed by atoms with van der Waals surface area (Å²) in [6, 6.07) is 4.90. The van der Waals surface area contributed by atoms with Gasteiger partial charge in [-0.2, -0.15) is 5.10 Å². The summed E-state index contributed by atoms with van der Waals surface area (Å²) in [7, 11) is 0. The zero-order chi connectivity index (χ0) is 13.7. The molecule has 7 heteroatoms. The van der Waals surface area contributed by atoms with Crippen molar-refractivity contribution in [3.8, 4) is 11.5 Å². The number of thioether (sulfide) groups is 1. The molecule has 0 aliphatic carbocycles. The second kappa shape index (κ2) is 6.24. The van der Waals surface area contributed by atoms with Gasteiger partial charge in [0.25, 0.3) is 0 Å². The number of rotatable bonds is 4. The molecule has 6 nitrogen and oxygen atoms in total. The number of amides is 1. The van der Waals surface area contributed by atoms with E-state index in [1.807, 2.05) is 6.92 Å². The molecule has 19 heavy (non-hydrogen) atoms. The van der Waals surface area contributed by atoms with E-state index in [2.05, 4.69) is 15.5 Å². The van der Waals surface area contributed by atoms with Crippen molar-refractivity contribution in [2.24, 2.45) is 10.2 Å². The molecule has 0 atom stereocenters. The van der Waals surface area contributed by atoms with Gasteiger partial charge in [0, 0.05) is 0 Å². The molecule has 0 spiro atoms. The molecule has 1 heterocycles. The van der Waals surface area contributed by atoms with Crippen LogP contribution in [0.15, 0.2) is 28.4 Å². The van der Waals surface area contributed by atoms with Crippen LogP contribution < -0.4 is 10.1 Å². The van der Waals surface area contributed by atoms with Crippen LogP contribution in [0.1, 0.15) is 12.5 Å². The Hall–Kier alpha value is -2.02. The van der Waals surface area contributed by atoms with E-state index in [0.717, 1.165) is 5.56 Å². The van der Waals surface area contributed by atoms with Crippen molar-refractivity contribution in [1.29, 1.82) is 0 Å². The lowest BCUT2D eigenvalue weighted by atomic mass is 10.2. The molecule has 0 bridgehead atoms. The number of carbonyl (C=O) groups is 1. The van der Waals surface area contributed by atoms with Crippen molar-refractivity contribution in [3.63, 3.8) is 0 Å². The Morgan fingerprint density at radius 2 is 2.42 bits per heavy atom. The number of nitrogens with zero attached hydrogens (tertiary/aromatic N) is 2. The van der Waals surface area contributed by atoms with Gasteiger partial charge in [0.2, 0.25) is 5.91 Å². The number of phenolic OH excluding ortho intramolecular Hbond substituents is 1. The largest absolute Gasteiger partial charge is 0.504 e. The van der Waals surface area contributed by atoms with Crippen molar-refractivity contribution < 1.29 is 14.6 Å². The summed E-state index contributed by atoms with van der Waals surface area (Å²) >= 11 is 1.31. The average molecular weight is 279 g/mol. The smallest absolute Gasteiger partial charge is 0.236 e. The first-order chi connectivity index (χ1) is 9.19. The zero-order valence-corrected chi connectivity index (χ0v) is 11.1. The third-order valence-electron chi connectivity index (χ3n) is 2.23. The van der Waals surface area contributed by atoms with Crippen molar-refractivity contribution in [3.05, 3.63) is 23.8 Å². The maximum absolute atomic E-state index is 10.9. The molecule has 1 aliphatic rings. The number of phenols is 1. The molecule has 1 aliphatic heterocycles. The van der Waals surface area contributed by atoms with E-state index in [0.29, 0.717) is 23.3 Å². The van der Waals surface area contributed by atoms with E-state index in [9.17, 15) is 9.90 Å². The molecule has 2 rings (SSSR count). The highest BCUT2D eigenvalue weighted by atomic mass is 32.2. The van der Waals surface area contributed by atoms with Crippen LogP contribution in [0.5, 0.6) is 11.5 Å². The topological polar surface area (TPSA) is 83.3 Å². The van der Waals surface area contributed by atoms with E-state index in [1.54, 1.807) is 12.1 Å². The van der Waals surface area contributed by atoms with E-state index in [1.165, 1.54) is 24.0 Å². The van der Waals surface area contributed by atoms with E-state index in [-0.39, 0.29) is 11.7 Å². The Morgan fingerprint density at radius 1 is 1.58 bits per heavy atom. The van der Waals surface area contributed by atoms with Crippen LogP contribution in [-0.4, -0.2) is 34.8 Å². The predicted octanol–water partition coefficient (Wildman–Crippen LogP) is 1.34. The molecule has 1 fully saturated rings. The fourth-order valence-corrected chi connectivity index (χ4v) is 2.04. The maximum Gasteiger partial charge on any atom is 0.236 e. The van der Waals surface area contributed by atoms with Crippen LogP contribution in [0.2, 0.25) is 0 Å². The summed E-state index contributed by atoms with van der Waals surface area (Å²) in [5.41, 5.74) is 0.750. The molecular weight excluding hydrogens is 266 g/mol. The summed E-state index contributed by atoms with van der Waals surface area (Å²) in [6.07, 6.45) is 1.53. The normalized spacial score (nSPS) is 17.1. The van der Waals surface area contributed by atoms with Gasteiger partial charge in [0.15, 0.2) is 16.7 Å². The summed E-state index contributed by atoms with van der Waals surface area (Å²) in [4.78, 5) is 10.9. The van der Waals surface area contributed by atoms with Crippen LogP contribution in [0.25, 0.3) is 0 Å². The summed E-state index contributed by atoms with van der Waals surface area (Å²) in [6.45, 7) is 2.31. The van der Waals surface area contributed by atoms with Crippen LogP contribution >= 0.6 is 11.8 Å². The van der Waals surface area contributed by atoms with E-state index < -0.39 is 0 Å². The Morgan fingerprint density at radius 3 is 3.11 bits per heavy atom. The second-order valence-corrected chi connectivity index (χ2v) is 4.61. The first-order valence-corrected chi connectivity index (χ1v) is 6.67. The van der Waals surface area contributed by atoms with Gasteiger partial charge in [-0.05, 0) is 30.7 Å². The zero-order valence-electron chi connectivity index (χ0n) is 10.3. The highest BCUT2D eigenvalue weighted by Gasteiger charge is 2.15. The number of nitrogens with one attached hydrogen (secondary N) is 1. The molecule has 1 aromatic rings. The van der Waals surface area contributed by atoms with Gasteiger partial charge < -0.3 is 15.2 Å². The molecule has 1 amide bonds. The van der Waals surface area contributed by atoms with Gasteiger partial charge in [0.1, 0.15) is 0 Å². The SMILES string of the molecule is CCOc1cc(/C=N\N=C2/NC(=O)CS2)ccc1O. The van der Waals surface area contributed by atoms with Crippen molar-refractivity contribution in [1.82, 2.24) is 5.32 Å². The van der Waals surface area contributed by atoms with Gasteiger partial charge in [-0.15, -0.1) is 5.10 Å². The summed E-state index contributed by atoms with van der Waals surface area (Å²) in [5.74, 6) is 0.802. The second-order valence-electron chi connectivity index (χ2n) is 3.65. The minimum Gasteiger partial charge on any atom is -0.504 e. The van der Waals surface area contributed by atoms with Crippen molar-refractivity contribution in [2.45, 2.75) is 6.92 Å². The third-order valence-corrected chi connectivity index (χ3v) is 3.09. The van der Waals surface area contributed by atoms with Gasteiger partial charge in [0.05, 0.1) is 18.6 Å². The minimum atomic E-state index is -0.0674. The van der Waals surface area contributed by atoms with Crippen LogP contribution in [0.3, 0.4) is 0 Å². The summed E-state index contributed by atoms with van der Waals surface area (Å²) in [5, 5.41) is 20.4. The lowest BCUT2D eigenvalue weighted by Crippen LogP contribution is -2.19. The summed E-state index contributed by atoms with van der Waals surface area (Å²) < 4.78 is 5.26. The number of aromatic hydroxyl groups is 1. The Bertz CT molecular complexity index is 543. The molecule has 0 aromatic heterocycles. The number of benzene rings is 1. The highest BCUT2D eigenvalue weighted by molar-refractivity contribution is 8.15. The molecule has 0 unspecified atom stereocenters. The third kappa shape index (κ3) is 3.72. The average Bonchev–Trinajstić information content (AvgIpc) is 2.79. The van der Waals surface area contributed by atoms with Crippen LogP contribution in [0.4, 0.5) is 0 Å². The standard InChI is InChI=1S/C12H13N3O3S/c1-2-18-10-5-8(3-4-9(10)16)6-13-15-12-14-11(17)7-19-12/h3-6,16H,2,7H2,1H3,(H,14,15,17)/b13-6-. The van der Waals surface area contributed by atoms with Gasteiger partial charge in [-0.25, -0.2) is 0 Å². The first kappa shape index (κ1) is 13.4. The number of amidine groups is 1. The number of carbonyl (C=O) groups excluding carboxylic acids is 1. The maximum atomic E-state index is 10.9. The van der Waals surface area contributed by atoms with E-state index in [4.69, 9.17) is 4.74 Å². The fourth-order valence-electron chi connectivity index (χ4n) is 1.41. The van der Waals surface area contributed by atoms with Gasteiger partial charge >= 0.3 is 0 Å². The van der Waals surface area contributed by atoms with Gasteiger partial charge in [-0.1, -0.05) is 11.8 Å². The van der Waals surface area contributed by atoms with Crippen LogP contribution in [-0.2, 0) is 4.79 Å². The van der Waals surface area contributed by atoms with Gasteiger partial charge in [-0.3, -0.25) is 4.79 Å². The number of ether oxygens (including phenoxy) is 1. The Labute approximate surface area is 114 Å². The molecule has 1 aromatic carbocycles. The van der Waals surface area contributed by atoms with E-state index >= 15 is 0 Å². The molecule has 1 saturated heterocycles. The Kier molecular flexibility index (Phi) is 4.40. The fraction of sp³-hybridized carbons (Fsp3) is 0.250. The lowest BCUT2D eigenvalue weighted by Gasteiger charge is -2.05. The number of hydrogen-bond donors (Lipinski definition) is 2. The monoisotopic (exact) mass is 279 g/mol. The predicted molar refractivity (Wildman–Crippen MR) is 74.9 cm³/mol. The van der Waals surface area contributed by atoms with Crippen molar-refractivity contribution >= 4 is 29.1 Å². The molecule has 0 radical (unpaired) electrons. The van der Waals surface area contributed by atoms with Crippen molar-refractivity contribution in [2.75, 3.05) is 12.4 Å². The first-order valence-electron chi connectivity index (χ1n) is 5.68. The highest BCUT2D eigenvalue weighted by Crippen LogP contribution is 2.26. The Balaban J connectivity index is 2.06. The lowest BCUT2D eigenvalue weighted by molar-refractivity contribution is -0.116. The number of hydrogen-bond acceptors (Lipinski definition) is 6.